The summed E-state index contributed by atoms with van der Waals surface area (Å²) in [4.78, 5) is 34.1. The highest BCUT2D eigenvalue weighted by Gasteiger charge is 2.24. The lowest BCUT2D eigenvalue weighted by Crippen LogP contribution is -2.07. The number of benzene rings is 2. The minimum absolute atomic E-state index is 0.0410. The number of non-ortho nitro benzene ring substituents is 1. The van der Waals surface area contributed by atoms with Crippen LogP contribution in [0.15, 0.2) is 36.4 Å². The van der Waals surface area contributed by atoms with Crippen LogP contribution in [0.4, 0.5) is 11.4 Å². The van der Waals surface area contributed by atoms with Gasteiger partial charge >= 0.3 is 0 Å². The molecule has 0 unspecified atom stereocenters. The summed E-state index contributed by atoms with van der Waals surface area (Å²) in [6.45, 7) is 1.42. The number of hydrogen-bond donors (Lipinski definition) is 1. The molecule has 0 atom stereocenters. The summed E-state index contributed by atoms with van der Waals surface area (Å²) in [6, 6.07) is 8.82. The molecule has 2 aromatic rings. The molecule has 2 aromatic carbocycles. The molecule has 0 radical (unpaired) electrons. The number of ketones is 1. The Kier molecular flexibility index (Phi) is 3.53. The molecule has 1 aliphatic rings. The first-order valence-electron chi connectivity index (χ1n) is 6.82. The lowest BCUT2D eigenvalue weighted by atomic mass is 9.98. The number of carbonyl (C=O) groups excluding carboxylic acids is 2. The molecular weight excluding hydrogens is 300 g/mol. The number of anilines is 1. The van der Waals surface area contributed by atoms with E-state index in [1.54, 1.807) is 18.2 Å². The first kappa shape index (κ1) is 14.7. The summed E-state index contributed by atoms with van der Waals surface area (Å²) < 4.78 is 5.61. The van der Waals surface area contributed by atoms with Crippen LogP contribution in [0.3, 0.4) is 0 Å². The van der Waals surface area contributed by atoms with Crippen LogP contribution < -0.4 is 10.1 Å². The summed E-state index contributed by atoms with van der Waals surface area (Å²) in [5.41, 5.74) is 1.61. The Hall–Kier alpha value is -3.22. The van der Waals surface area contributed by atoms with Gasteiger partial charge in [0.2, 0.25) is 5.91 Å². The van der Waals surface area contributed by atoms with Crippen LogP contribution in [0.25, 0.3) is 0 Å². The molecule has 1 heterocycles. The molecule has 1 N–H and O–H groups in total. The lowest BCUT2D eigenvalue weighted by Gasteiger charge is -2.09. The average molecular weight is 312 g/mol. The van der Waals surface area contributed by atoms with Crippen molar-refractivity contribution in [3.63, 3.8) is 0 Å². The average Bonchev–Trinajstić information content (AvgIpc) is 2.64. The van der Waals surface area contributed by atoms with E-state index in [0.717, 1.165) is 0 Å². The van der Waals surface area contributed by atoms with Gasteiger partial charge in [0.05, 0.1) is 10.5 Å². The van der Waals surface area contributed by atoms with Crippen molar-refractivity contribution < 1.29 is 19.2 Å². The maximum absolute atomic E-state index is 12.6. The second-order valence-electron chi connectivity index (χ2n) is 5.11. The number of fused-ring (bicyclic) bond motifs is 2. The van der Waals surface area contributed by atoms with E-state index in [4.69, 9.17) is 4.74 Å². The van der Waals surface area contributed by atoms with E-state index in [9.17, 15) is 19.7 Å². The van der Waals surface area contributed by atoms with Gasteiger partial charge in [0, 0.05) is 41.9 Å². The lowest BCUT2D eigenvalue weighted by molar-refractivity contribution is -0.384. The Balaban J connectivity index is 2.03. The molecule has 7 heteroatoms. The van der Waals surface area contributed by atoms with E-state index < -0.39 is 4.92 Å². The van der Waals surface area contributed by atoms with Crippen LogP contribution in [0.1, 0.15) is 28.4 Å². The van der Waals surface area contributed by atoms with Crippen molar-refractivity contribution in [2.24, 2.45) is 0 Å². The van der Waals surface area contributed by atoms with E-state index in [2.05, 4.69) is 5.32 Å². The molecule has 7 nitrogen and oxygen atoms in total. The number of rotatable bonds is 2. The fourth-order valence-corrected chi connectivity index (χ4v) is 2.45. The molecule has 0 saturated carbocycles. The van der Waals surface area contributed by atoms with Crippen LogP contribution in [-0.4, -0.2) is 16.6 Å². The molecule has 1 amide bonds. The predicted octanol–water partition coefficient (Wildman–Crippen LogP) is 2.68. The Morgan fingerprint density at radius 2 is 1.96 bits per heavy atom. The standard InChI is InChI=1S/C16H12N2O5/c1-9(19)17-11-2-4-14-15(7-11)23-8-10-6-12(18(21)22)3-5-13(10)16(14)20/h2-7H,8H2,1H3,(H,17,19). The van der Waals surface area contributed by atoms with Gasteiger partial charge in [-0.1, -0.05) is 0 Å². The fraction of sp³-hybridized carbons (Fsp3) is 0.125. The van der Waals surface area contributed by atoms with Crippen LogP contribution in [0.5, 0.6) is 5.75 Å². The van der Waals surface area contributed by atoms with Gasteiger partial charge in [0.15, 0.2) is 5.78 Å². The summed E-state index contributed by atoms with van der Waals surface area (Å²) in [6.07, 6.45) is 0. The molecule has 0 bridgehead atoms. The monoisotopic (exact) mass is 312 g/mol. The number of nitrogens with zero attached hydrogens (tertiary/aromatic N) is 1. The third-order valence-corrected chi connectivity index (χ3v) is 3.47. The zero-order valence-electron chi connectivity index (χ0n) is 12.2. The summed E-state index contributed by atoms with van der Waals surface area (Å²) in [5, 5.41) is 13.5. The van der Waals surface area contributed by atoms with E-state index in [1.165, 1.54) is 25.1 Å². The molecule has 0 fully saturated rings. The fourth-order valence-electron chi connectivity index (χ4n) is 2.45. The van der Waals surface area contributed by atoms with Crippen LogP contribution >= 0.6 is 0 Å². The summed E-state index contributed by atoms with van der Waals surface area (Å²) in [5.74, 6) is -0.166. The SMILES string of the molecule is CC(=O)Nc1ccc2c(c1)OCc1cc([N+](=O)[O-])ccc1C2=O. The number of nitrogens with one attached hydrogen (secondary N) is 1. The number of nitro benzene ring substituents is 1. The van der Waals surface area contributed by atoms with Gasteiger partial charge in [0.1, 0.15) is 12.4 Å². The molecular formula is C16H12N2O5. The van der Waals surface area contributed by atoms with Crippen molar-refractivity contribution >= 4 is 23.1 Å². The summed E-state index contributed by atoms with van der Waals surface area (Å²) in [7, 11) is 0. The molecule has 0 saturated heterocycles. The molecule has 23 heavy (non-hydrogen) atoms. The third-order valence-electron chi connectivity index (χ3n) is 3.47. The van der Waals surface area contributed by atoms with Gasteiger partial charge in [-0.3, -0.25) is 19.7 Å². The van der Waals surface area contributed by atoms with Crippen molar-refractivity contribution in [1.82, 2.24) is 0 Å². The minimum Gasteiger partial charge on any atom is -0.488 e. The van der Waals surface area contributed by atoms with Crippen molar-refractivity contribution in [2.75, 3.05) is 5.32 Å². The number of carbonyl (C=O) groups is 2. The van der Waals surface area contributed by atoms with Gasteiger partial charge in [-0.2, -0.15) is 0 Å². The molecule has 0 aliphatic carbocycles. The minimum atomic E-state index is -0.516. The van der Waals surface area contributed by atoms with E-state index in [0.29, 0.717) is 28.1 Å². The molecule has 0 spiro atoms. The second-order valence-corrected chi connectivity index (χ2v) is 5.11. The molecule has 1 aliphatic heterocycles. The van der Waals surface area contributed by atoms with E-state index >= 15 is 0 Å². The highest BCUT2D eigenvalue weighted by atomic mass is 16.6. The first-order valence-corrected chi connectivity index (χ1v) is 6.82. The third kappa shape index (κ3) is 2.76. The smallest absolute Gasteiger partial charge is 0.269 e. The van der Waals surface area contributed by atoms with Crippen molar-refractivity contribution in [2.45, 2.75) is 13.5 Å². The van der Waals surface area contributed by atoms with Crippen molar-refractivity contribution in [1.29, 1.82) is 0 Å². The Bertz CT molecular complexity index is 844. The molecule has 3 rings (SSSR count). The Labute approximate surface area is 131 Å². The zero-order chi connectivity index (χ0) is 16.6. The van der Waals surface area contributed by atoms with Crippen LogP contribution in [-0.2, 0) is 11.4 Å². The maximum atomic E-state index is 12.6. The predicted molar refractivity (Wildman–Crippen MR) is 81.6 cm³/mol. The zero-order valence-corrected chi connectivity index (χ0v) is 12.2. The van der Waals surface area contributed by atoms with Gasteiger partial charge in [-0.05, 0) is 18.2 Å². The van der Waals surface area contributed by atoms with Crippen LogP contribution in [0, 0.1) is 10.1 Å². The van der Waals surface area contributed by atoms with E-state index in [1.807, 2.05) is 0 Å². The van der Waals surface area contributed by atoms with Gasteiger partial charge in [-0.25, -0.2) is 0 Å². The van der Waals surface area contributed by atoms with Crippen LogP contribution in [0.2, 0.25) is 0 Å². The summed E-state index contributed by atoms with van der Waals surface area (Å²) >= 11 is 0. The van der Waals surface area contributed by atoms with Crippen molar-refractivity contribution in [3.05, 3.63) is 63.2 Å². The normalized spacial score (nSPS) is 12.5. The number of hydrogen-bond acceptors (Lipinski definition) is 5. The number of nitro groups is 1. The Morgan fingerprint density at radius 1 is 1.22 bits per heavy atom. The number of ether oxygens (including phenoxy) is 1. The van der Waals surface area contributed by atoms with Gasteiger partial charge < -0.3 is 10.1 Å². The number of amides is 1. The van der Waals surface area contributed by atoms with Crippen molar-refractivity contribution in [3.8, 4) is 5.75 Å². The second kappa shape index (κ2) is 5.53. The Morgan fingerprint density at radius 3 is 2.65 bits per heavy atom. The largest absolute Gasteiger partial charge is 0.488 e. The maximum Gasteiger partial charge on any atom is 0.269 e. The molecule has 0 aromatic heterocycles. The molecule has 116 valence electrons. The first-order chi connectivity index (χ1) is 11.0. The van der Waals surface area contributed by atoms with E-state index in [-0.39, 0.29) is 24.0 Å². The highest BCUT2D eigenvalue weighted by molar-refractivity contribution is 6.12. The van der Waals surface area contributed by atoms with Gasteiger partial charge in [-0.15, -0.1) is 0 Å². The quantitative estimate of drug-likeness (QED) is 0.679. The highest BCUT2D eigenvalue weighted by Crippen LogP contribution is 2.32. The van der Waals surface area contributed by atoms with Gasteiger partial charge in [0.25, 0.3) is 5.69 Å². The topological polar surface area (TPSA) is 98.5 Å².